The van der Waals surface area contributed by atoms with Crippen molar-refractivity contribution in [2.45, 2.75) is 28.8 Å². The van der Waals surface area contributed by atoms with Gasteiger partial charge < -0.3 is 10.6 Å². The molecule has 0 aliphatic rings. The van der Waals surface area contributed by atoms with Crippen LogP contribution in [0.15, 0.2) is 75.9 Å². The first-order valence-electron chi connectivity index (χ1n) is 8.85. The van der Waals surface area contributed by atoms with Crippen molar-refractivity contribution >= 4 is 46.7 Å². The molecule has 0 aliphatic carbocycles. The number of benzene rings is 2. The van der Waals surface area contributed by atoms with Crippen molar-refractivity contribution in [1.82, 2.24) is 9.97 Å². The molecule has 0 spiro atoms. The Balaban J connectivity index is 1.58. The molecule has 2 amide bonds. The van der Waals surface area contributed by atoms with E-state index in [0.717, 1.165) is 14.9 Å². The van der Waals surface area contributed by atoms with Crippen LogP contribution in [-0.2, 0) is 9.59 Å². The molecule has 6 nitrogen and oxygen atoms in total. The van der Waals surface area contributed by atoms with Crippen molar-refractivity contribution in [3.63, 3.8) is 0 Å². The molecule has 0 unspecified atom stereocenters. The van der Waals surface area contributed by atoms with Gasteiger partial charge in [0, 0.05) is 35.6 Å². The molecular formula is C21H20N4O2S2. The van der Waals surface area contributed by atoms with Crippen molar-refractivity contribution in [3.05, 3.63) is 66.5 Å². The van der Waals surface area contributed by atoms with Gasteiger partial charge in [0.05, 0.1) is 5.75 Å². The number of carbonyl (C=O) groups is 2. The van der Waals surface area contributed by atoms with Gasteiger partial charge in [0.25, 0.3) is 0 Å². The fraction of sp³-hybridized carbons (Fsp3) is 0.143. The summed E-state index contributed by atoms with van der Waals surface area (Å²) < 4.78 is 0. The molecule has 2 aromatic carbocycles. The van der Waals surface area contributed by atoms with Crippen LogP contribution in [0.1, 0.15) is 12.5 Å². The number of amides is 2. The molecule has 8 heteroatoms. The molecule has 0 saturated heterocycles. The van der Waals surface area contributed by atoms with Crippen molar-refractivity contribution < 1.29 is 9.59 Å². The summed E-state index contributed by atoms with van der Waals surface area (Å²) in [5.41, 5.74) is 2.53. The maximum atomic E-state index is 12.3. The monoisotopic (exact) mass is 424 g/mol. The lowest BCUT2D eigenvalue weighted by atomic mass is 10.2. The lowest BCUT2D eigenvalue weighted by molar-refractivity contribution is -0.114. The van der Waals surface area contributed by atoms with E-state index in [1.165, 1.54) is 36.0 Å². The zero-order valence-corrected chi connectivity index (χ0v) is 17.6. The molecule has 0 aliphatic heterocycles. The van der Waals surface area contributed by atoms with Gasteiger partial charge in [-0.3, -0.25) is 9.59 Å². The lowest BCUT2D eigenvalue weighted by Gasteiger charge is -2.08. The molecule has 0 bridgehead atoms. The van der Waals surface area contributed by atoms with E-state index in [0.29, 0.717) is 11.4 Å². The molecule has 1 heterocycles. The Bertz CT molecular complexity index is 1010. The van der Waals surface area contributed by atoms with Crippen molar-refractivity contribution in [1.29, 1.82) is 0 Å². The molecule has 0 fully saturated rings. The standard InChI is InChI=1S/C21H20N4O2S2/c1-14-4-3-5-18(12-14)29-21-20(22-10-11-23-21)28-13-19(27)25-17-8-6-16(7-9-17)24-15(2)26/h3-12H,13H2,1-2H3,(H,24,26)(H,25,27). The maximum Gasteiger partial charge on any atom is 0.234 e. The van der Waals surface area contributed by atoms with Gasteiger partial charge in [-0.15, -0.1) is 0 Å². The van der Waals surface area contributed by atoms with Gasteiger partial charge in [0.2, 0.25) is 11.8 Å². The fourth-order valence-corrected chi connectivity index (χ4v) is 4.26. The van der Waals surface area contributed by atoms with Crippen LogP contribution in [0, 0.1) is 6.92 Å². The summed E-state index contributed by atoms with van der Waals surface area (Å²) in [5.74, 6) is -0.0611. The highest BCUT2D eigenvalue weighted by atomic mass is 32.2. The van der Waals surface area contributed by atoms with E-state index in [1.54, 1.807) is 36.7 Å². The van der Waals surface area contributed by atoms with Crippen molar-refractivity contribution in [3.8, 4) is 0 Å². The average Bonchev–Trinajstić information content (AvgIpc) is 2.68. The second-order valence-electron chi connectivity index (χ2n) is 6.18. The Morgan fingerprint density at radius 1 is 0.931 bits per heavy atom. The molecular weight excluding hydrogens is 404 g/mol. The van der Waals surface area contributed by atoms with Gasteiger partial charge in [-0.1, -0.05) is 41.2 Å². The Labute approximate surface area is 177 Å². The minimum absolute atomic E-state index is 0.138. The Morgan fingerprint density at radius 2 is 1.59 bits per heavy atom. The molecule has 148 valence electrons. The number of aromatic nitrogens is 2. The molecule has 0 saturated carbocycles. The van der Waals surface area contributed by atoms with Crippen molar-refractivity contribution in [2.24, 2.45) is 0 Å². The quantitative estimate of drug-likeness (QED) is 0.538. The predicted molar refractivity (Wildman–Crippen MR) is 117 cm³/mol. The summed E-state index contributed by atoms with van der Waals surface area (Å²) in [4.78, 5) is 33.2. The van der Waals surface area contributed by atoms with Gasteiger partial charge in [-0.05, 0) is 43.3 Å². The lowest BCUT2D eigenvalue weighted by Crippen LogP contribution is -2.14. The largest absolute Gasteiger partial charge is 0.326 e. The number of thioether (sulfide) groups is 1. The molecule has 3 rings (SSSR count). The third-order valence-electron chi connectivity index (χ3n) is 3.67. The highest BCUT2D eigenvalue weighted by Crippen LogP contribution is 2.32. The average molecular weight is 425 g/mol. The summed E-state index contributed by atoms with van der Waals surface area (Å²) in [6.07, 6.45) is 3.28. The first-order valence-corrected chi connectivity index (χ1v) is 10.7. The summed E-state index contributed by atoms with van der Waals surface area (Å²) in [7, 11) is 0. The Hall–Kier alpha value is -2.84. The highest BCUT2D eigenvalue weighted by molar-refractivity contribution is 8.02. The summed E-state index contributed by atoms with van der Waals surface area (Å²) in [6.45, 7) is 3.49. The number of nitrogens with one attached hydrogen (secondary N) is 2. The van der Waals surface area contributed by atoms with Crippen LogP contribution in [0.25, 0.3) is 0 Å². The van der Waals surface area contributed by atoms with Crippen LogP contribution < -0.4 is 10.6 Å². The third kappa shape index (κ3) is 6.62. The van der Waals surface area contributed by atoms with Crippen LogP contribution in [-0.4, -0.2) is 27.5 Å². The number of aryl methyl sites for hydroxylation is 1. The highest BCUT2D eigenvalue weighted by Gasteiger charge is 2.11. The van der Waals surface area contributed by atoms with Gasteiger partial charge >= 0.3 is 0 Å². The van der Waals surface area contributed by atoms with Gasteiger partial charge in [0.1, 0.15) is 10.1 Å². The van der Waals surface area contributed by atoms with Crippen LogP contribution in [0.3, 0.4) is 0 Å². The number of carbonyl (C=O) groups excluding carboxylic acids is 2. The van der Waals surface area contributed by atoms with E-state index in [-0.39, 0.29) is 17.6 Å². The molecule has 2 N–H and O–H groups in total. The van der Waals surface area contributed by atoms with E-state index in [1.807, 2.05) is 25.1 Å². The van der Waals surface area contributed by atoms with Crippen LogP contribution in [0.5, 0.6) is 0 Å². The summed E-state index contributed by atoms with van der Waals surface area (Å²) in [5, 5.41) is 7.02. The van der Waals surface area contributed by atoms with Gasteiger partial charge in [-0.25, -0.2) is 9.97 Å². The van der Waals surface area contributed by atoms with Crippen LogP contribution >= 0.6 is 23.5 Å². The van der Waals surface area contributed by atoms with E-state index < -0.39 is 0 Å². The minimum Gasteiger partial charge on any atom is -0.326 e. The number of anilines is 2. The third-order valence-corrected chi connectivity index (χ3v) is 5.76. The first kappa shape index (κ1) is 20.9. The van der Waals surface area contributed by atoms with Gasteiger partial charge in [-0.2, -0.15) is 0 Å². The molecule has 1 aromatic heterocycles. The zero-order chi connectivity index (χ0) is 20.6. The minimum atomic E-state index is -0.139. The molecule has 0 radical (unpaired) electrons. The number of hydrogen-bond acceptors (Lipinski definition) is 6. The maximum absolute atomic E-state index is 12.3. The van der Waals surface area contributed by atoms with Gasteiger partial charge in [0.15, 0.2) is 0 Å². The fourth-order valence-electron chi connectivity index (χ4n) is 2.44. The van der Waals surface area contributed by atoms with Crippen LogP contribution in [0.2, 0.25) is 0 Å². The first-order chi connectivity index (χ1) is 14.0. The molecule has 0 atom stereocenters. The Morgan fingerprint density at radius 3 is 2.24 bits per heavy atom. The summed E-state index contributed by atoms with van der Waals surface area (Å²) >= 11 is 2.88. The topological polar surface area (TPSA) is 84.0 Å². The smallest absolute Gasteiger partial charge is 0.234 e. The normalized spacial score (nSPS) is 10.4. The predicted octanol–water partition coefficient (Wildman–Crippen LogP) is 4.63. The molecule has 3 aromatic rings. The van der Waals surface area contributed by atoms with E-state index in [2.05, 4.69) is 26.7 Å². The van der Waals surface area contributed by atoms with E-state index >= 15 is 0 Å². The number of hydrogen-bond donors (Lipinski definition) is 2. The van der Waals surface area contributed by atoms with E-state index in [9.17, 15) is 9.59 Å². The second-order valence-corrected chi connectivity index (χ2v) is 8.21. The zero-order valence-electron chi connectivity index (χ0n) is 16.0. The molecule has 29 heavy (non-hydrogen) atoms. The second kappa shape index (κ2) is 10.1. The number of rotatable bonds is 7. The van der Waals surface area contributed by atoms with Crippen molar-refractivity contribution in [2.75, 3.05) is 16.4 Å². The van der Waals surface area contributed by atoms with E-state index in [4.69, 9.17) is 0 Å². The van der Waals surface area contributed by atoms with Crippen LogP contribution in [0.4, 0.5) is 11.4 Å². The number of nitrogens with zero attached hydrogens (tertiary/aromatic N) is 2. The Kier molecular flexibility index (Phi) is 7.26. The SMILES string of the molecule is CC(=O)Nc1ccc(NC(=O)CSc2nccnc2Sc2cccc(C)c2)cc1. The summed E-state index contributed by atoms with van der Waals surface area (Å²) in [6, 6.07) is 15.1.